The number of likely N-dealkylation sites (N-methyl/N-ethyl adjacent to an activating group) is 1. The van der Waals surface area contributed by atoms with Crippen LogP contribution < -0.4 is 5.32 Å². The largest absolute Gasteiger partial charge is 0.349 e. The zero-order chi connectivity index (χ0) is 13.8. The summed E-state index contributed by atoms with van der Waals surface area (Å²) in [4.78, 5) is 17.4. The second-order valence-corrected chi connectivity index (χ2v) is 6.88. The minimum absolute atomic E-state index is 0.0153. The Labute approximate surface area is 121 Å². The van der Waals surface area contributed by atoms with Crippen molar-refractivity contribution < 1.29 is 4.79 Å². The molecule has 1 N–H and O–H groups in total. The van der Waals surface area contributed by atoms with Gasteiger partial charge in [0.1, 0.15) is 0 Å². The van der Waals surface area contributed by atoms with E-state index in [1.165, 1.54) is 16.2 Å². The lowest BCUT2D eigenvalue weighted by atomic mass is 10.2. The summed E-state index contributed by atoms with van der Waals surface area (Å²) < 4.78 is 0. The molecule has 19 heavy (non-hydrogen) atoms. The van der Waals surface area contributed by atoms with Crippen molar-refractivity contribution >= 4 is 28.6 Å². The van der Waals surface area contributed by atoms with Crippen molar-refractivity contribution in [2.24, 2.45) is 0 Å². The molecule has 0 aromatic carbocycles. The monoisotopic (exact) mass is 294 g/mol. The molecule has 0 spiro atoms. The molecule has 0 saturated heterocycles. The van der Waals surface area contributed by atoms with Gasteiger partial charge in [-0.2, -0.15) is 0 Å². The molecule has 0 bridgehead atoms. The fourth-order valence-electron chi connectivity index (χ4n) is 1.85. The number of hydrogen-bond acceptors (Lipinski definition) is 4. The van der Waals surface area contributed by atoms with Crippen molar-refractivity contribution in [2.45, 2.75) is 13.0 Å². The molecular weight excluding hydrogens is 276 g/mol. The molecule has 0 radical (unpaired) electrons. The van der Waals surface area contributed by atoms with Crippen molar-refractivity contribution in [1.82, 2.24) is 10.2 Å². The smallest absolute Gasteiger partial charge is 0.261 e. The number of carbonyl (C=O) groups excluding carboxylic acids is 1. The van der Waals surface area contributed by atoms with E-state index in [-0.39, 0.29) is 11.9 Å². The Balaban J connectivity index is 1.98. The molecule has 1 unspecified atom stereocenters. The molecule has 2 aromatic heterocycles. The van der Waals surface area contributed by atoms with Crippen LogP contribution in [-0.4, -0.2) is 31.4 Å². The summed E-state index contributed by atoms with van der Waals surface area (Å²) in [6.07, 6.45) is 0. The minimum atomic E-state index is 0.0153. The molecule has 1 amide bonds. The molecule has 0 saturated carbocycles. The van der Waals surface area contributed by atoms with Gasteiger partial charge >= 0.3 is 0 Å². The highest BCUT2D eigenvalue weighted by molar-refractivity contribution is 7.14. The zero-order valence-electron chi connectivity index (χ0n) is 11.3. The third-order valence-electron chi connectivity index (χ3n) is 2.92. The SMILES string of the molecule is Cc1ccc(C(=O)NCC(c2cccs2)N(C)C)s1. The fourth-order valence-corrected chi connectivity index (χ4v) is 3.56. The van der Waals surface area contributed by atoms with Crippen LogP contribution in [0.2, 0.25) is 0 Å². The van der Waals surface area contributed by atoms with Gasteiger partial charge in [0.25, 0.3) is 5.91 Å². The van der Waals surface area contributed by atoms with Crippen LogP contribution in [0.4, 0.5) is 0 Å². The maximum Gasteiger partial charge on any atom is 0.261 e. The summed E-state index contributed by atoms with van der Waals surface area (Å²) in [6, 6.07) is 8.23. The second kappa shape index (κ2) is 6.32. The van der Waals surface area contributed by atoms with E-state index < -0.39 is 0 Å². The Morgan fingerprint density at radius 2 is 2.16 bits per heavy atom. The number of nitrogens with zero attached hydrogens (tertiary/aromatic N) is 1. The first-order valence-electron chi connectivity index (χ1n) is 6.12. The normalized spacial score (nSPS) is 12.6. The molecule has 5 heteroatoms. The van der Waals surface area contributed by atoms with Crippen LogP contribution in [0.25, 0.3) is 0 Å². The first-order chi connectivity index (χ1) is 9.08. The summed E-state index contributed by atoms with van der Waals surface area (Å²) >= 11 is 3.25. The number of hydrogen-bond donors (Lipinski definition) is 1. The average Bonchev–Trinajstić information content (AvgIpc) is 3.00. The lowest BCUT2D eigenvalue weighted by molar-refractivity contribution is 0.0946. The lowest BCUT2D eigenvalue weighted by Crippen LogP contribution is -2.33. The van der Waals surface area contributed by atoms with Gasteiger partial charge in [-0.3, -0.25) is 4.79 Å². The van der Waals surface area contributed by atoms with Crippen molar-refractivity contribution in [3.05, 3.63) is 44.3 Å². The van der Waals surface area contributed by atoms with Gasteiger partial charge in [-0.15, -0.1) is 22.7 Å². The summed E-state index contributed by atoms with van der Waals surface area (Å²) in [5, 5.41) is 5.08. The highest BCUT2D eigenvalue weighted by Gasteiger charge is 2.17. The van der Waals surface area contributed by atoms with E-state index in [2.05, 4.69) is 21.7 Å². The first kappa shape index (κ1) is 14.2. The number of carbonyl (C=O) groups is 1. The Morgan fingerprint density at radius 3 is 2.68 bits per heavy atom. The molecule has 2 rings (SSSR count). The lowest BCUT2D eigenvalue weighted by Gasteiger charge is -2.23. The second-order valence-electron chi connectivity index (χ2n) is 4.62. The van der Waals surface area contributed by atoms with E-state index in [4.69, 9.17) is 0 Å². The van der Waals surface area contributed by atoms with Crippen LogP contribution in [0.15, 0.2) is 29.6 Å². The zero-order valence-corrected chi connectivity index (χ0v) is 13.0. The van der Waals surface area contributed by atoms with Crippen LogP contribution in [-0.2, 0) is 0 Å². The summed E-state index contributed by atoms with van der Waals surface area (Å²) in [5.41, 5.74) is 0. The quantitative estimate of drug-likeness (QED) is 0.919. The molecule has 102 valence electrons. The number of amides is 1. The number of aryl methyl sites for hydroxylation is 1. The van der Waals surface area contributed by atoms with Crippen LogP contribution >= 0.6 is 22.7 Å². The maximum absolute atomic E-state index is 12.0. The molecule has 2 aromatic rings. The van der Waals surface area contributed by atoms with E-state index in [0.717, 1.165) is 9.75 Å². The number of nitrogens with one attached hydrogen (secondary N) is 1. The van der Waals surface area contributed by atoms with Gasteiger partial charge in [0.15, 0.2) is 0 Å². The first-order valence-corrected chi connectivity index (χ1v) is 7.82. The van der Waals surface area contributed by atoms with E-state index in [1.54, 1.807) is 11.3 Å². The summed E-state index contributed by atoms with van der Waals surface area (Å²) in [5.74, 6) is 0.0153. The number of rotatable bonds is 5. The third-order valence-corrected chi connectivity index (χ3v) is 4.89. The fraction of sp³-hybridized carbons (Fsp3) is 0.357. The average molecular weight is 294 g/mol. The minimum Gasteiger partial charge on any atom is -0.349 e. The molecule has 2 heterocycles. The maximum atomic E-state index is 12.0. The van der Waals surface area contributed by atoms with Gasteiger partial charge in [0.2, 0.25) is 0 Å². The van der Waals surface area contributed by atoms with Gasteiger partial charge in [0.05, 0.1) is 10.9 Å². The predicted molar refractivity (Wildman–Crippen MR) is 82.1 cm³/mol. The van der Waals surface area contributed by atoms with Crippen LogP contribution in [0, 0.1) is 6.92 Å². The molecule has 3 nitrogen and oxygen atoms in total. The van der Waals surface area contributed by atoms with Crippen molar-refractivity contribution in [3.63, 3.8) is 0 Å². The van der Waals surface area contributed by atoms with Gasteiger partial charge in [-0.1, -0.05) is 6.07 Å². The number of thiophene rings is 2. The van der Waals surface area contributed by atoms with Gasteiger partial charge in [-0.25, -0.2) is 0 Å². The predicted octanol–water partition coefficient (Wildman–Crippen LogP) is 3.15. The third kappa shape index (κ3) is 3.65. The van der Waals surface area contributed by atoms with Gasteiger partial charge in [0, 0.05) is 16.3 Å². The topological polar surface area (TPSA) is 32.3 Å². The van der Waals surface area contributed by atoms with Crippen LogP contribution in [0.3, 0.4) is 0 Å². The van der Waals surface area contributed by atoms with Gasteiger partial charge in [-0.05, 0) is 44.6 Å². The van der Waals surface area contributed by atoms with E-state index in [9.17, 15) is 4.79 Å². The Morgan fingerprint density at radius 1 is 1.37 bits per heavy atom. The molecule has 0 fully saturated rings. The molecular formula is C14H18N2OS2. The highest BCUT2D eigenvalue weighted by atomic mass is 32.1. The summed E-state index contributed by atoms with van der Waals surface area (Å²) in [6.45, 7) is 2.64. The highest BCUT2D eigenvalue weighted by Crippen LogP contribution is 2.22. The summed E-state index contributed by atoms with van der Waals surface area (Å²) in [7, 11) is 4.07. The Kier molecular flexibility index (Phi) is 4.74. The van der Waals surface area contributed by atoms with Crippen LogP contribution in [0.1, 0.15) is 25.5 Å². The van der Waals surface area contributed by atoms with Crippen LogP contribution in [0.5, 0.6) is 0 Å². The Bertz CT molecular complexity index is 531. The van der Waals surface area contributed by atoms with Crippen molar-refractivity contribution in [2.75, 3.05) is 20.6 Å². The van der Waals surface area contributed by atoms with Crippen molar-refractivity contribution in [3.8, 4) is 0 Å². The molecule has 0 aliphatic rings. The van der Waals surface area contributed by atoms with Crippen molar-refractivity contribution in [1.29, 1.82) is 0 Å². The van der Waals surface area contributed by atoms with E-state index >= 15 is 0 Å². The standard InChI is InChI=1S/C14H18N2OS2/c1-10-6-7-13(19-10)14(17)15-9-11(16(2)3)12-5-4-8-18-12/h4-8,11H,9H2,1-3H3,(H,15,17). The van der Waals surface area contributed by atoms with E-state index in [0.29, 0.717) is 6.54 Å². The van der Waals surface area contributed by atoms with Gasteiger partial charge < -0.3 is 10.2 Å². The molecule has 0 aliphatic heterocycles. The molecule has 0 aliphatic carbocycles. The van der Waals surface area contributed by atoms with E-state index in [1.807, 2.05) is 39.2 Å². The molecule has 1 atom stereocenters. The Hall–Kier alpha value is -1.17.